The lowest BCUT2D eigenvalue weighted by molar-refractivity contribution is -0.178. The number of ether oxygens (including phenoxy) is 2. The Morgan fingerprint density at radius 2 is 1.45 bits per heavy atom. The maximum atomic E-state index is 13.6. The van der Waals surface area contributed by atoms with E-state index in [1.807, 2.05) is 0 Å². The van der Waals surface area contributed by atoms with E-state index in [0.29, 0.717) is 38.9 Å². The van der Waals surface area contributed by atoms with E-state index in [-0.39, 0.29) is 11.5 Å². The summed E-state index contributed by atoms with van der Waals surface area (Å²) in [5.41, 5.74) is -1.57. The van der Waals surface area contributed by atoms with Crippen molar-refractivity contribution < 1.29 is 31.4 Å². The summed E-state index contributed by atoms with van der Waals surface area (Å²) in [7, 11) is 0. The van der Waals surface area contributed by atoms with Crippen molar-refractivity contribution >= 4 is 0 Å². The molecular weight excluding hydrogens is 307 g/mol. The Kier molecular flexibility index (Phi) is 3.89. The number of benzene rings is 1. The average molecular weight is 322 g/mol. The molecule has 0 atom stereocenters. The molecule has 1 aromatic rings. The summed E-state index contributed by atoms with van der Waals surface area (Å²) < 4.78 is 76.1. The van der Waals surface area contributed by atoms with Gasteiger partial charge in [-0.3, -0.25) is 0 Å². The molecule has 1 saturated heterocycles. The van der Waals surface area contributed by atoms with Crippen molar-refractivity contribution in [3.63, 3.8) is 0 Å². The van der Waals surface area contributed by atoms with Gasteiger partial charge >= 0.3 is 6.18 Å². The third kappa shape index (κ3) is 2.84. The molecule has 2 aliphatic rings. The average Bonchev–Trinajstić information content (AvgIpc) is 2.85. The van der Waals surface area contributed by atoms with Crippen LogP contribution in [0.2, 0.25) is 0 Å². The summed E-state index contributed by atoms with van der Waals surface area (Å²) in [4.78, 5) is 0. The van der Waals surface area contributed by atoms with E-state index >= 15 is 0 Å². The van der Waals surface area contributed by atoms with Crippen LogP contribution < -0.4 is 0 Å². The van der Waals surface area contributed by atoms with Crippen molar-refractivity contribution in [3.05, 3.63) is 34.9 Å². The zero-order valence-corrected chi connectivity index (χ0v) is 11.7. The highest BCUT2D eigenvalue weighted by Gasteiger charge is 2.42. The Morgan fingerprint density at radius 3 is 1.91 bits per heavy atom. The van der Waals surface area contributed by atoms with Gasteiger partial charge in [-0.25, -0.2) is 8.78 Å². The van der Waals surface area contributed by atoms with Crippen LogP contribution in [0.4, 0.5) is 22.0 Å². The van der Waals surface area contributed by atoms with E-state index in [2.05, 4.69) is 0 Å². The molecule has 1 spiro atoms. The molecular formula is C15H15F5O2. The molecule has 22 heavy (non-hydrogen) atoms. The van der Waals surface area contributed by atoms with Gasteiger partial charge in [-0.1, -0.05) is 0 Å². The van der Waals surface area contributed by atoms with Crippen molar-refractivity contribution in [3.8, 4) is 0 Å². The van der Waals surface area contributed by atoms with E-state index < -0.39 is 29.2 Å². The van der Waals surface area contributed by atoms with Crippen molar-refractivity contribution in [1.82, 2.24) is 0 Å². The molecule has 2 nitrogen and oxygen atoms in total. The molecule has 0 bridgehead atoms. The summed E-state index contributed by atoms with van der Waals surface area (Å²) in [6.45, 7) is 1.04. The zero-order valence-electron chi connectivity index (χ0n) is 11.7. The molecule has 1 saturated carbocycles. The molecule has 0 N–H and O–H groups in total. The van der Waals surface area contributed by atoms with Gasteiger partial charge in [0.25, 0.3) is 0 Å². The van der Waals surface area contributed by atoms with E-state index in [0.717, 1.165) is 12.1 Å². The fraction of sp³-hybridized carbons (Fsp3) is 0.600. The fourth-order valence-electron chi connectivity index (χ4n) is 3.28. The Balaban J connectivity index is 1.79. The highest BCUT2D eigenvalue weighted by atomic mass is 19.4. The van der Waals surface area contributed by atoms with Crippen LogP contribution in [-0.2, 0) is 15.7 Å². The van der Waals surface area contributed by atoms with Crippen molar-refractivity contribution in [2.75, 3.05) is 13.2 Å². The predicted molar refractivity (Wildman–Crippen MR) is 67.2 cm³/mol. The first-order valence-corrected chi connectivity index (χ1v) is 7.15. The van der Waals surface area contributed by atoms with Gasteiger partial charge in [-0.05, 0) is 36.5 Å². The van der Waals surface area contributed by atoms with Crippen molar-refractivity contribution in [2.24, 2.45) is 0 Å². The quantitative estimate of drug-likeness (QED) is 0.714. The van der Waals surface area contributed by atoms with Crippen LogP contribution in [0.5, 0.6) is 0 Å². The molecule has 0 amide bonds. The monoisotopic (exact) mass is 322 g/mol. The second kappa shape index (κ2) is 5.45. The van der Waals surface area contributed by atoms with E-state index in [1.54, 1.807) is 0 Å². The minimum absolute atomic E-state index is 0.190. The van der Waals surface area contributed by atoms with Gasteiger partial charge in [0.1, 0.15) is 17.2 Å². The van der Waals surface area contributed by atoms with Crippen LogP contribution in [0.25, 0.3) is 0 Å². The first-order chi connectivity index (χ1) is 10.3. The van der Waals surface area contributed by atoms with Gasteiger partial charge < -0.3 is 9.47 Å². The molecule has 1 aliphatic carbocycles. The Labute approximate surface area is 124 Å². The topological polar surface area (TPSA) is 18.5 Å². The maximum Gasteiger partial charge on any atom is 0.422 e. The Morgan fingerprint density at radius 1 is 0.955 bits per heavy atom. The van der Waals surface area contributed by atoms with E-state index in [1.165, 1.54) is 0 Å². The molecule has 1 heterocycles. The fourth-order valence-corrected chi connectivity index (χ4v) is 3.28. The highest BCUT2D eigenvalue weighted by Crippen LogP contribution is 2.43. The zero-order chi connectivity index (χ0) is 16.0. The van der Waals surface area contributed by atoms with E-state index in [9.17, 15) is 22.0 Å². The molecule has 1 aromatic carbocycles. The summed E-state index contributed by atoms with van der Waals surface area (Å²) in [6.07, 6.45) is -2.77. The molecule has 3 rings (SSSR count). The lowest BCUT2D eigenvalue weighted by atomic mass is 9.80. The van der Waals surface area contributed by atoms with Crippen molar-refractivity contribution in [2.45, 2.75) is 43.6 Å². The largest absolute Gasteiger partial charge is 0.422 e. The second-order valence-corrected chi connectivity index (χ2v) is 5.74. The Hall–Kier alpha value is -1.21. The van der Waals surface area contributed by atoms with Gasteiger partial charge in [-0.2, -0.15) is 13.2 Å². The normalized spacial score (nSPS) is 22.4. The van der Waals surface area contributed by atoms with Crippen LogP contribution in [0, 0.1) is 11.6 Å². The maximum absolute atomic E-state index is 13.6. The first-order valence-electron chi connectivity index (χ1n) is 7.15. The molecule has 2 fully saturated rings. The van der Waals surface area contributed by atoms with Crippen LogP contribution >= 0.6 is 0 Å². The minimum atomic E-state index is -5.03. The molecule has 0 radical (unpaired) electrons. The van der Waals surface area contributed by atoms with Crippen LogP contribution in [0.3, 0.4) is 0 Å². The molecule has 7 heteroatoms. The third-order valence-electron chi connectivity index (χ3n) is 4.38. The summed E-state index contributed by atoms with van der Waals surface area (Å²) in [5, 5.41) is 0. The molecule has 1 aliphatic heterocycles. The van der Waals surface area contributed by atoms with Gasteiger partial charge in [0.2, 0.25) is 0 Å². The van der Waals surface area contributed by atoms with Crippen molar-refractivity contribution in [1.29, 1.82) is 0 Å². The summed E-state index contributed by atoms with van der Waals surface area (Å²) >= 11 is 0. The van der Waals surface area contributed by atoms with Gasteiger partial charge in [-0.15, -0.1) is 0 Å². The van der Waals surface area contributed by atoms with Crippen LogP contribution in [-0.4, -0.2) is 19.0 Å². The number of hydrogen-bond acceptors (Lipinski definition) is 2. The lowest BCUT2D eigenvalue weighted by Crippen LogP contribution is -2.34. The number of halogens is 5. The van der Waals surface area contributed by atoms with Gasteiger partial charge in [0.05, 0.1) is 13.2 Å². The van der Waals surface area contributed by atoms with Crippen LogP contribution in [0.1, 0.15) is 42.7 Å². The van der Waals surface area contributed by atoms with Gasteiger partial charge in [0, 0.05) is 12.8 Å². The highest BCUT2D eigenvalue weighted by molar-refractivity contribution is 5.31. The number of rotatable bonds is 1. The SMILES string of the molecule is Fc1cc(C2CCC3(CC2)OCCO3)cc(F)c1C(F)(F)F. The Bertz CT molecular complexity index is 531. The third-order valence-corrected chi connectivity index (χ3v) is 4.38. The van der Waals surface area contributed by atoms with Gasteiger partial charge in [0.15, 0.2) is 5.79 Å². The smallest absolute Gasteiger partial charge is 0.348 e. The molecule has 122 valence electrons. The summed E-state index contributed by atoms with van der Waals surface area (Å²) in [5.74, 6) is -3.92. The summed E-state index contributed by atoms with van der Waals surface area (Å²) in [6, 6.07) is 1.59. The number of hydrogen-bond donors (Lipinski definition) is 0. The second-order valence-electron chi connectivity index (χ2n) is 5.74. The first kappa shape index (κ1) is 15.7. The lowest BCUT2D eigenvalue weighted by Gasteiger charge is -2.35. The van der Waals surface area contributed by atoms with Crippen LogP contribution in [0.15, 0.2) is 12.1 Å². The minimum Gasteiger partial charge on any atom is -0.348 e. The molecule has 0 unspecified atom stereocenters. The predicted octanol–water partition coefficient (Wildman–Crippen LogP) is 4.38. The number of alkyl halides is 3. The molecule has 0 aromatic heterocycles. The standard InChI is InChI=1S/C15H15F5O2/c16-11-7-10(8-12(17)13(11)15(18,19)20)9-1-3-14(4-2-9)21-5-6-22-14/h7-9H,1-6H2. The van der Waals surface area contributed by atoms with E-state index in [4.69, 9.17) is 9.47 Å².